The number of nitrogens with one attached hydrogen (secondary N) is 1. The van der Waals surface area contributed by atoms with Gasteiger partial charge in [0.1, 0.15) is 6.54 Å². The number of likely N-dealkylation sites (N-methyl/N-ethyl adjacent to an activating group) is 1. The third-order valence-corrected chi connectivity index (χ3v) is 3.39. The van der Waals surface area contributed by atoms with Crippen LogP contribution in [-0.4, -0.2) is 58.2 Å². The van der Waals surface area contributed by atoms with Crippen molar-refractivity contribution >= 4 is 35.4 Å². The third kappa shape index (κ3) is 3.75. The molecule has 0 radical (unpaired) electrons. The molecule has 0 aromatic heterocycles. The number of hydrogen-bond donors (Lipinski definition) is 2. The first-order chi connectivity index (χ1) is 11.3. The summed E-state index contributed by atoms with van der Waals surface area (Å²) in [7, 11) is 1.16. The summed E-state index contributed by atoms with van der Waals surface area (Å²) in [6, 6.07) is 5.71. The standard InChI is InChI=1S/C15H15N3O6/c1-17-13(22)14(23)18(15(17)24)8-11(19)16-10-4-2-3-9(7-10)5-6-12(20)21/h2-4,7H,5-6,8H2,1H3,(H,16,19)(H,20,21). The summed E-state index contributed by atoms with van der Waals surface area (Å²) in [4.78, 5) is 58.4. The number of aryl methyl sites for hydroxylation is 1. The van der Waals surface area contributed by atoms with E-state index in [4.69, 9.17) is 5.11 Å². The Morgan fingerprint density at radius 2 is 1.88 bits per heavy atom. The Labute approximate surface area is 136 Å². The lowest BCUT2D eigenvalue weighted by molar-refractivity contribution is -0.143. The molecule has 126 valence electrons. The second kappa shape index (κ2) is 6.90. The number of carboxylic acid groups (broad SMARTS) is 1. The largest absolute Gasteiger partial charge is 0.481 e. The second-order valence-corrected chi connectivity index (χ2v) is 5.18. The van der Waals surface area contributed by atoms with Crippen molar-refractivity contribution < 1.29 is 29.1 Å². The maximum atomic E-state index is 12.0. The van der Waals surface area contributed by atoms with Gasteiger partial charge in [-0.15, -0.1) is 0 Å². The summed E-state index contributed by atoms with van der Waals surface area (Å²) in [5.41, 5.74) is 1.13. The number of aliphatic carboxylic acids is 1. The van der Waals surface area contributed by atoms with E-state index in [-0.39, 0.29) is 6.42 Å². The van der Waals surface area contributed by atoms with Gasteiger partial charge in [-0.05, 0) is 24.1 Å². The van der Waals surface area contributed by atoms with Gasteiger partial charge in [0.15, 0.2) is 0 Å². The highest BCUT2D eigenvalue weighted by molar-refractivity contribution is 6.44. The Balaban J connectivity index is 1.99. The summed E-state index contributed by atoms with van der Waals surface area (Å²) < 4.78 is 0. The summed E-state index contributed by atoms with van der Waals surface area (Å²) in [6.45, 7) is -0.576. The predicted octanol–water partition coefficient (Wildman–Crippen LogP) is 0.0629. The maximum Gasteiger partial charge on any atom is 0.334 e. The van der Waals surface area contributed by atoms with Gasteiger partial charge in [0.25, 0.3) is 0 Å². The first kappa shape index (κ1) is 17.1. The van der Waals surface area contributed by atoms with E-state index >= 15 is 0 Å². The second-order valence-electron chi connectivity index (χ2n) is 5.18. The predicted molar refractivity (Wildman–Crippen MR) is 80.9 cm³/mol. The highest BCUT2D eigenvalue weighted by Crippen LogP contribution is 2.14. The van der Waals surface area contributed by atoms with Gasteiger partial charge in [-0.2, -0.15) is 0 Å². The average Bonchev–Trinajstić information content (AvgIpc) is 2.71. The molecule has 24 heavy (non-hydrogen) atoms. The molecule has 0 unspecified atom stereocenters. The van der Waals surface area contributed by atoms with Crippen LogP contribution in [0.25, 0.3) is 0 Å². The average molecular weight is 333 g/mol. The molecule has 1 aliphatic rings. The fraction of sp³-hybridized carbons (Fsp3) is 0.267. The van der Waals surface area contributed by atoms with Crippen molar-refractivity contribution in [3.8, 4) is 0 Å². The van der Waals surface area contributed by atoms with Crippen LogP contribution in [0, 0.1) is 0 Å². The Bertz CT molecular complexity index is 730. The number of carbonyl (C=O) groups excluding carboxylic acids is 4. The topological polar surface area (TPSA) is 124 Å². The molecule has 0 atom stereocenters. The zero-order valence-electron chi connectivity index (χ0n) is 12.8. The minimum absolute atomic E-state index is 0.0391. The molecular weight excluding hydrogens is 318 g/mol. The number of carbonyl (C=O) groups is 5. The Morgan fingerprint density at radius 1 is 1.17 bits per heavy atom. The fourth-order valence-electron chi connectivity index (χ4n) is 2.15. The Morgan fingerprint density at radius 3 is 2.46 bits per heavy atom. The van der Waals surface area contributed by atoms with E-state index in [2.05, 4.69) is 5.32 Å². The van der Waals surface area contributed by atoms with Crippen LogP contribution in [0.1, 0.15) is 12.0 Å². The van der Waals surface area contributed by atoms with Gasteiger partial charge in [0, 0.05) is 19.2 Å². The molecule has 0 saturated carbocycles. The summed E-state index contributed by atoms with van der Waals surface area (Å²) in [6.07, 6.45) is 0.268. The molecule has 5 amide bonds. The van der Waals surface area contributed by atoms with Crippen LogP contribution in [0.2, 0.25) is 0 Å². The molecule has 1 aromatic rings. The highest BCUT2D eigenvalue weighted by atomic mass is 16.4. The van der Waals surface area contributed by atoms with Crippen LogP contribution in [-0.2, 0) is 25.6 Å². The molecule has 9 nitrogen and oxygen atoms in total. The van der Waals surface area contributed by atoms with Crippen molar-refractivity contribution in [3.63, 3.8) is 0 Å². The molecule has 0 bridgehead atoms. The van der Waals surface area contributed by atoms with Crippen LogP contribution in [0.3, 0.4) is 0 Å². The fourth-order valence-corrected chi connectivity index (χ4v) is 2.15. The van der Waals surface area contributed by atoms with Crippen molar-refractivity contribution in [2.45, 2.75) is 12.8 Å². The van der Waals surface area contributed by atoms with Gasteiger partial charge in [-0.3, -0.25) is 24.1 Å². The van der Waals surface area contributed by atoms with Gasteiger partial charge in [-0.25, -0.2) is 9.69 Å². The molecular formula is C15H15N3O6. The summed E-state index contributed by atoms with van der Waals surface area (Å²) in [5, 5.41) is 11.2. The van der Waals surface area contributed by atoms with Gasteiger partial charge < -0.3 is 10.4 Å². The number of rotatable bonds is 6. The van der Waals surface area contributed by atoms with Crippen LogP contribution < -0.4 is 5.32 Å². The number of imide groups is 2. The maximum absolute atomic E-state index is 12.0. The van der Waals surface area contributed by atoms with Crippen molar-refractivity contribution in [1.29, 1.82) is 0 Å². The Hall–Kier alpha value is -3.23. The molecule has 9 heteroatoms. The third-order valence-electron chi connectivity index (χ3n) is 3.39. The lowest BCUT2D eigenvalue weighted by Gasteiger charge is -2.13. The highest BCUT2D eigenvalue weighted by Gasteiger charge is 2.42. The van der Waals surface area contributed by atoms with Crippen LogP contribution in [0.5, 0.6) is 0 Å². The van der Waals surface area contributed by atoms with E-state index in [1.165, 1.54) is 0 Å². The van der Waals surface area contributed by atoms with E-state index in [0.29, 0.717) is 21.9 Å². The monoisotopic (exact) mass is 333 g/mol. The van der Waals surface area contributed by atoms with Gasteiger partial charge in [0.05, 0.1) is 0 Å². The van der Waals surface area contributed by atoms with E-state index in [0.717, 1.165) is 12.6 Å². The van der Waals surface area contributed by atoms with Crippen molar-refractivity contribution in [2.24, 2.45) is 0 Å². The quantitative estimate of drug-likeness (QED) is 0.560. The molecule has 1 aliphatic heterocycles. The van der Waals surface area contributed by atoms with E-state index in [1.54, 1.807) is 24.3 Å². The van der Waals surface area contributed by atoms with Gasteiger partial charge in [-0.1, -0.05) is 12.1 Å². The number of anilines is 1. The lowest BCUT2D eigenvalue weighted by atomic mass is 10.1. The zero-order valence-corrected chi connectivity index (χ0v) is 12.8. The normalized spacial score (nSPS) is 14.3. The number of carboxylic acids is 1. The molecule has 2 rings (SSSR count). The number of amides is 5. The number of hydrogen-bond acceptors (Lipinski definition) is 5. The van der Waals surface area contributed by atoms with Crippen LogP contribution >= 0.6 is 0 Å². The molecule has 1 fully saturated rings. The number of benzene rings is 1. The molecule has 1 heterocycles. The smallest absolute Gasteiger partial charge is 0.334 e. The van der Waals surface area contributed by atoms with E-state index < -0.39 is 36.3 Å². The first-order valence-corrected chi connectivity index (χ1v) is 7.03. The minimum Gasteiger partial charge on any atom is -0.481 e. The first-order valence-electron chi connectivity index (χ1n) is 7.03. The lowest BCUT2D eigenvalue weighted by Crippen LogP contribution is -2.38. The van der Waals surface area contributed by atoms with Gasteiger partial charge >= 0.3 is 23.8 Å². The minimum atomic E-state index is -1.05. The van der Waals surface area contributed by atoms with Crippen molar-refractivity contribution in [2.75, 3.05) is 18.9 Å². The zero-order chi connectivity index (χ0) is 17.9. The van der Waals surface area contributed by atoms with E-state index in [1.807, 2.05) is 0 Å². The molecule has 1 aromatic carbocycles. The van der Waals surface area contributed by atoms with Crippen LogP contribution in [0.4, 0.5) is 10.5 Å². The summed E-state index contributed by atoms with van der Waals surface area (Å²) >= 11 is 0. The molecule has 0 aliphatic carbocycles. The molecule has 2 N–H and O–H groups in total. The number of urea groups is 1. The summed E-state index contributed by atoms with van der Waals surface area (Å²) in [5.74, 6) is -3.60. The van der Waals surface area contributed by atoms with Crippen LogP contribution in [0.15, 0.2) is 24.3 Å². The molecule has 1 saturated heterocycles. The van der Waals surface area contributed by atoms with Crippen molar-refractivity contribution in [3.05, 3.63) is 29.8 Å². The Kier molecular flexibility index (Phi) is 4.93. The van der Waals surface area contributed by atoms with Crippen molar-refractivity contribution in [1.82, 2.24) is 9.80 Å². The van der Waals surface area contributed by atoms with E-state index in [9.17, 15) is 24.0 Å². The number of nitrogens with zero attached hydrogens (tertiary/aromatic N) is 2. The van der Waals surface area contributed by atoms with Gasteiger partial charge in [0.2, 0.25) is 5.91 Å². The molecule has 0 spiro atoms. The SMILES string of the molecule is CN1C(=O)C(=O)N(CC(=O)Nc2cccc(CCC(=O)O)c2)C1=O.